The van der Waals surface area contributed by atoms with Gasteiger partial charge in [-0.05, 0) is 12.1 Å². The number of nitro groups is 1. The van der Waals surface area contributed by atoms with E-state index < -0.39 is 10.9 Å². The molecular formula is C21H13ClN4O5. The molecule has 0 aliphatic carbocycles. The van der Waals surface area contributed by atoms with Crippen molar-refractivity contribution in [2.45, 2.75) is 6.92 Å². The topological polar surface area (TPSA) is 117 Å². The maximum atomic E-state index is 12.4. The first-order valence-electron chi connectivity index (χ1n) is 8.96. The number of aliphatic imine (C=N–C) groups is 1. The number of rotatable bonds is 4. The molecule has 0 N–H and O–H groups in total. The third kappa shape index (κ3) is 3.99. The smallest absolute Gasteiger partial charge is 0.363 e. The second-order valence-corrected chi connectivity index (χ2v) is 6.93. The summed E-state index contributed by atoms with van der Waals surface area (Å²) in [5.41, 5.74) is 1.54. The summed E-state index contributed by atoms with van der Waals surface area (Å²) in [4.78, 5) is 38.8. The molecule has 0 atom stereocenters. The number of benzene rings is 2. The van der Waals surface area contributed by atoms with Gasteiger partial charge in [0.2, 0.25) is 11.8 Å². The van der Waals surface area contributed by atoms with Gasteiger partial charge in [0.1, 0.15) is 5.69 Å². The first-order valence-corrected chi connectivity index (χ1v) is 9.34. The van der Waals surface area contributed by atoms with Crippen molar-refractivity contribution in [2.24, 2.45) is 4.99 Å². The summed E-state index contributed by atoms with van der Waals surface area (Å²) in [5, 5.41) is 15.5. The molecule has 10 heteroatoms. The van der Waals surface area contributed by atoms with E-state index in [4.69, 9.17) is 16.3 Å². The van der Waals surface area contributed by atoms with Crippen LogP contribution in [0.5, 0.6) is 0 Å². The summed E-state index contributed by atoms with van der Waals surface area (Å²) < 4.78 is 6.35. The molecule has 31 heavy (non-hydrogen) atoms. The number of aromatic nitrogens is 2. The number of carbonyl (C=O) groups is 2. The van der Waals surface area contributed by atoms with E-state index in [0.29, 0.717) is 11.3 Å². The van der Waals surface area contributed by atoms with E-state index >= 15 is 0 Å². The molecule has 4 rings (SSSR count). The number of non-ortho nitro benzene ring substituents is 1. The van der Waals surface area contributed by atoms with Crippen LogP contribution >= 0.6 is 11.6 Å². The summed E-state index contributed by atoms with van der Waals surface area (Å²) in [6.45, 7) is 1.36. The van der Waals surface area contributed by atoms with Gasteiger partial charge >= 0.3 is 5.97 Å². The molecule has 3 aromatic rings. The van der Waals surface area contributed by atoms with Gasteiger partial charge in [-0.2, -0.15) is 5.10 Å². The Bertz CT molecular complexity index is 1290. The molecule has 1 aliphatic heterocycles. The van der Waals surface area contributed by atoms with E-state index in [0.717, 1.165) is 10.2 Å². The van der Waals surface area contributed by atoms with Crippen molar-refractivity contribution in [1.29, 1.82) is 0 Å². The average Bonchev–Trinajstić information content (AvgIpc) is 3.33. The zero-order valence-corrected chi connectivity index (χ0v) is 16.7. The number of hydrogen-bond donors (Lipinski definition) is 0. The Morgan fingerprint density at radius 3 is 2.65 bits per heavy atom. The summed E-state index contributed by atoms with van der Waals surface area (Å²) in [5.74, 6) is -1.21. The van der Waals surface area contributed by atoms with E-state index in [1.807, 2.05) is 30.3 Å². The van der Waals surface area contributed by atoms with Gasteiger partial charge in [0.15, 0.2) is 5.70 Å². The van der Waals surface area contributed by atoms with Crippen molar-refractivity contribution in [2.75, 3.05) is 0 Å². The van der Waals surface area contributed by atoms with Crippen LogP contribution in [0.4, 0.5) is 5.69 Å². The van der Waals surface area contributed by atoms with Gasteiger partial charge in [0.05, 0.1) is 15.5 Å². The molecule has 9 nitrogen and oxygen atoms in total. The number of nitrogens with zero attached hydrogens (tertiary/aromatic N) is 4. The normalized spacial score (nSPS) is 14.5. The molecule has 2 aromatic carbocycles. The summed E-state index contributed by atoms with van der Waals surface area (Å²) in [6, 6.07) is 12.9. The van der Waals surface area contributed by atoms with E-state index in [2.05, 4.69) is 10.1 Å². The van der Waals surface area contributed by atoms with Crippen molar-refractivity contribution in [3.8, 4) is 11.3 Å². The fourth-order valence-electron chi connectivity index (χ4n) is 2.94. The van der Waals surface area contributed by atoms with Gasteiger partial charge in [0.25, 0.3) is 5.69 Å². The molecule has 1 aromatic heterocycles. The summed E-state index contributed by atoms with van der Waals surface area (Å²) >= 11 is 6.11. The highest BCUT2D eigenvalue weighted by Crippen LogP contribution is 2.29. The highest BCUT2D eigenvalue weighted by atomic mass is 35.5. The minimum Gasteiger partial charge on any atom is -0.402 e. The van der Waals surface area contributed by atoms with Crippen LogP contribution in [0.3, 0.4) is 0 Å². The van der Waals surface area contributed by atoms with E-state index in [-0.39, 0.29) is 33.8 Å². The molecule has 0 bridgehead atoms. The van der Waals surface area contributed by atoms with Crippen LogP contribution in [0.1, 0.15) is 22.8 Å². The highest BCUT2D eigenvalue weighted by Gasteiger charge is 2.28. The minimum absolute atomic E-state index is 0.0575. The second-order valence-electron chi connectivity index (χ2n) is 6.52. The van der Waals surface area contributed by atoms with Crippen molar-refractivity contribution in [1.82, 2.24) is 9.78 Å². The van der Waals surface area contributed by atoms with Crippen LogP contribution in [-0.4, -0.2) is 32.5 Å². The summed E-state index contributed by atoms with van der Waals surface area (Å²) in [6.07, 6.45) is 2.92. The number of halogens is 1. The molecule has 0 saturated heterocycles. The molecule has 154 valence electrons. The number of esters is 1. The van der Waals surface area contributed by atoms with Crippen molar-refractivity contribution in [3.63, 3.8) is 0 Å². The fraction of sp³-hybridized carbons (Fsp3) is 0.0476. The average molecular weight is 437 g/mol. The number of nitro benzene ring substituents is 1. The molecule has 2 heterocycles. The third-order valence-corrected chi connectivity index (χ3v) is 4.75. The Morgan fingerprint density at radius 1 is 1.23 bits per heavy atom. The monoisotopic (exact) mass is 436 g/mol. The standard InChI is InChI=1S/C21H13ClN4O5/c1-12(27)25-11-14(19(24-25)13-5-3-2-4-6-13)9-18-21(28)31-20(23-18)16-10-15(26(29)30)7-8-17(16)22/h2-11H,1H3/b18-9-. The maximum Gasteiger partial charge on any atom is 0.363 e. The highest BCUT2D eigenvalue weighted by molar-refractivity contribution is 6.34. The molecule has 0 saturated carbocycles. The Balaban J connectivity index is 1.79. The quantitative estimate of drug-likeness (QED) is 0.263. The van der Waals surface area contributed by atoms with Crippen molar-refractivity contribution in [3.05, 3.63) is 86.7 Å². The fourth-order valence-corrected chi connectivity index (χ4v) is 3.14. The Morgan fingerprint density at radius 2 is 1.97 bits per heavy atom. The van der Waals surface area contributed by atoms with Gasteiger partial charge in [-0.15, -0.1) is 0 Å². The van der Waals surface area contributed by atoms with E-state index in [9.17, 15) is 19.7 Å². The predicted molar refractivity (Wildman–Crippen MR) is 113 cm³/mol. The van der Waals surface area contributed by atoms with Gasteiger partial charge < -0.3 is 4.74 Å². The van der Waals surface area contributed by atoms with E-state index in [1.54, 1.807) is 0 Å². The van der Waals surface area contributed by atoms with Gasteiger partial charge in [0, 0.05) is 36.4 Å². The van der Waals surface area contributed by atoms with Crippen molar-refractivity contribution >= 4 is 41.1 Å². The Hall–Kier alpha value is -4.11. The lowest BCUT2D eigenvalue weighted by Crippen LogP contribution is -2.06. The van der Waals surface area contributed by atoms with Crippen molar-refractivity contribution < 1.29 is 19.2 Å². The second kappa shape index (κ2) is 7.96. The molecule has 0 radical (unpaired) electrons. The molecule has 0 unspecified atom stereocenters. The zero-order chi connectivity index (χ0) is 22.1. The number of ether oxygens (including phenoxy) is 1. The van der Waals surface area contributed by atoms with Crippen LogP contribution in [0.15, 0.2) is 65.4 Å². The van der Waals surface area contributed by atoms with Gasteiger partial charge in [-0.1, -0.05) is 41.9 Å². The number of carbonyl (C=O) groups excluding carboxylic acids is 2. The van der Waals surface area contributed by atoms with Crippen LogP contribution < -0.4 is 0 Å². The van der Waals surface area contributed by atoms with Crippen LogP contribution in [0, 0.1) is 10.1 Å². The van der Waals surface area contributed by atoms with E-state index in [1.165, 1.54) is 37.4 Å². The lowest BCUT2D eigenvalue weighted by Gasteiger charge is -2.02. The summed E-state index contributed by atoms with van der Waals surface area (Å²) in [7, 11) is 0. The first-order chi connectivity index (χ1) is 14.8. The molecular weight excluding hydrogens is 424 g/mol. The lowest BCUT2D eigenvalue weighted by atomic mass is 10.1. The molecule has 0 amide bonds. The number of hydrogen-bond acceptors (Lipinski definition) is 7. The molecule has 0 fully saturated rings. The maximum absolute atomic E-state index is 12.4. The van der Waals surface area contributed by atoms with Crippen LogP contribution in [0.2, 0.25) is 5.02 Å². The largest absolute Gasteiger partial charge is 0.402 e. The molecule has 1 aliphatic rings. The molecule has 0 spiro atoms. The van der Waals surface area contributed by atoms with Crippen LogP contribution in [0.25, 0.3) is 17.3 Å². The minimum atomic E-state index is -0.757. The lowest BCUT2D eigenvalue weighted by molar-refractivity contribution is -0.384. The first kappa shape index (κ1) is 20.2. The number of cyclic esters (lactones) is 1. The van der Waals surface area contributed by atoms with Gasteiger partial charge in [-0.3, -0.25) is 14.9 Å². The zero-order valence-electron chi connectivity index (χ0n) is 16.0. The SMILES string of the molecule is CC(=O)n1cc(/C=C2\N=C(c3cc([N+](=O)[O-])ccc3Cl)OC2=O)c(-c2ccccc2)n1. The Kier molecular flexibility index (Phi) is 5.18. The predicted octanol–water partition coefficient (Wildman–Crippen LogP) is 4.12. The van der Waals surface area contributed by atoms with Gasteiger partial charge in [-0.25, -0.2) is 14.5 Å². The van der Waals surface area contributed by atoms with Crippen LogP contribution in [-0.2, 0) is 9.53 Å². The Labute approximate surface area is 180 Å². The third-order valence-electron chi connectivity index (χ3n) is 4.42.